The van der Waals surface area contributed by atoms with E-state index in [0.717, 1.165) is 28.9 Å². The number of ether oxygens (including phenoxy) is 1. The molecule has 2 aromatic rings. The number of nitrogens with one attached hydrogen (secondary N) is 2. The van der Waals surface area contributed by atoms with Crippen LogP contribution >= 0.6 is 0 Å². The molecule has 2 unspecified atom stereocenters. The quantitative estimate of drug-likeness (QED) is 0.718. The summed E-state index contributed by atoms with van der Waals surface area (Å²) in [5, 5.41) is 5.18. The van der Waals surface area contributed by atoms with Crippen molar-refractivity contribution in [3.63, 3.8) is 0 Å². The van der Waals surface area contributed by atoms with Crippen LogP contribution in [0.2, 0.25) is 0 Å². The summed E-state index contributed by atoms with van der Waals surface area (Å²) in [7, 11) is 1.52. The Hall–Kier alpha value is -3.95. The molecule has 2 N–H and O–H groups in total. The van der Waals surface area contributed by atoms with Crippen LogP contribution in [0.15, 0.2) is 42.7 Å². The van der Waals surface area contributed by atoms with Gasteiger partial charge in [0.15, 0.2) is 0 Å². The topological polar surface area (TPSA) is 121 Å². The van der Waals surface area contributed by atoms with Gasteiger partial charge in [0.2, 0.25) is 11.5 Å². The second kappa shape index (κ2) is 8.44. The first-order chi connectivity index (χ1) is 16.4. The Morgan fingerprint density at radius 2 is 2.12 bits per heavy atom. The Bertz CT molecular complexity index is 1170. The fourth-order valence-electron chi connectivity index (χ4n) is 5.14. The van der Waals surface area contributed by atoms with Gasteiger partial charge in [-0.25, -0.2) is 14.5 Å². The number of carbonyl (C=O) groups excluding carboxylic acids is 4. The molecule has 3 heterocycles. The van der Waals surface area contributed by atoms with Crippen LogP contribution in [0, 0.1) is 0 Å². The second-order valence-electron chi connectivity index (χ2n) is 8.69. The van der Waals surface area contributed by atoms with E-state index in [0.29, 0.717) is 30.6 Å². The lowest BCUT2D eigenvalue weighted by Gasteiger charge is -2.26. The van der Waals surface area contributed by atoms with E-state index < -0.39 is 17.6 Å². The van der Waals surface area contributed by atoms with Crippen LogP contribution in [-0.2, 0) is 26.3 Å². The molecule has 3 aliphatic rings. The zero-order valence-electron chi connectivity index (χ0n) is 18.7. The Labute approximate surface area is 196 Å². The summed E-state index contributed by atoms with van der Waals surface area (Å²) >= 11 is 0. The number of carbonyl (C=O) groups is 4. The molecule has 2 saturated heterocycles. The van der Waals surface area contributed by atoms with Crippen LogP contribution in [-0.4, -0.2) is 58.9 Å². The molecule has 10 nitrogen and oxygen atoms in total. The smallest absolute Gasteiger partial charge is 0.418 e. The molecule has 1 spiro atoms. The third-order valence-corrected chi connectivity index (χ3v) is 6.78. The Kier molecular flexibility index (Phi) is 5.43. The van der Waals surface area contributed by atoms with Crippen molar-refractivity contribution >= 4 is 29.6 Å². The summed E-state index contributed by atoms with van der Waals surface area (Å²) < 4.78 is 5.64. The summed E-state index contributed by atoms with van der Waals surface area (Å²) in [6.45, 7) is 0.201. The number of nitrogens with zero attached hydrogens (tertiary/aromatic N) is 3. The predicted molar refractivity (Wildman–Crippen MR) is 121 cm³/mol. The van der Waals surface area contributed by atoms with E-state index >= 15 is 0 Å². The highest BCUT2D eigenvalue weighted by molar-refractivity contribution is 6.06. The minimum Gasteiger partial charge on any atom is -0.427 e. The molecule has 0 saturated carbocycles. The fourth-order valence-corrected chi connectivity index (χ4v) is 5.14. The molecule has 2 fully saturated rings. The maximum atomic E-state index is 13.4. The fraction of sp³-hybridized carbons (Fsp3) is 0.375. The number of hydrogen-bond donors (Lipinski definition) is 2. The number of anilines is 1. The molecule has 2 atom stereocenters. The number of amides is 5. The monoisotopic (exact) mass is 463 g/mol. The molecule has 1 aromatic heterocycles. The average Bonchev–Trinajstić information content (AvgIpc) is 3.53. The molecule has 5 amide bonds. The van der Waals surface area contributed by atoms with Gasteiger partial charge < -0.3 is 20.3 Å². The molecule has 2 aliphatic heterocycles. The van der Waals surface area contributed by atoms with E-state index in [4.69, 9.17) is 4.74 Å². The number of hydrogen-bond acceptors (Lipinski definition) is 6. The molecule has 0 radical (unpaired) electrons. The highest BCUT2D eigenvalue weighted by Crippen LogP contribution is 2.46. The van der Waals surface area contributed by atoms with Crippen LogP contribution in [0.5, 0.6) is 0 Å². The van der Waals surface area contributed by atoms with Crippen molar-refractivity contribution in [1.82, 2.24) is 20.1 Å². The maximum Gasteiger partial charge on any atom is 0.418 e. The SMILES string of the molecule is CNC(=O)Nc1ccc2c(c1)CCC21OC(=O)N(CC(=O)N2CCCC2c2cccnc2)C1=O. The molecule has 5 rings (SSSR count). The predicted octanol–water partition coefficient (Wildman–Crippen LogP) is 2.32. The molecule has 176 valence electrons. The van der Waals surface area contributed by atoms with Gasteiger partial charge in [-0.05, 0) is 48.6 Å². The van der Waals surface area contributed by atoms with Gasteiger partial charge in [0, 0.05) is 43.7 Å². The van der Waals surface area contributed by atoms with Gasteiger partial charge in [-0.3, -0.25) is 14.6 Å². The lowest BCUT2D eigenvalue weighted by Crippen LogP contribution is -2.44. The van der Waals surface area contributed by atoms with Gasteiger partial charge >= 0.3 is 12.1 Å². The zero-order valence-corrected chi connectivity index (χ0v) is 18.7. The van der Waals surface area contributed by atoms with E-state index in [2.05, 4.69) is 15.6 Å². The van der Waals surface area contributed by atoms with Gasteiger partial charge in [0.1, 0.15) is 6.54 Å². The first-order valence-corrected chi connectivity index (χ1v) is 11.3. The van der Waals surface area contributed by atoms with Crippen molar-refractivity contribution in [3.8, 4) is 0 Å². The van der Waals surface area contributed by atoms with E-state index in [1.807, 2.05) is 12.1 Å². The summed E-state index contributed by atoms with van der Waals surface area (Å²) in [6, 6.07) is 8.42. The van der Waals surface area contributed by atoms with Gasteiger partial charge in [0.25, 0.3) is 5.91 Å². The largest absolute Gasteiger partial charge is 0.427 e. The minimum absolute atomic E-state index is 0.123. The van der Waals surface area contributed by atoms with Crippen molar-refractivity contribution < 1.29 is 23.9 Å². The van der Waals surface area contributed by atoms with E-state index in [1.54, 1.807) is 35.5 Å². The number of urea groups is 1. The standard InChI is InChI=1S/C24H25N5O5/c1-25-22(32)27-17-6-7-18-15(12-17)8-9-24(18)21(31)29(23(33)34-24)14-20(30)28-11-3-5-19(28)16-4-2-10-26-13-16/h2,4,6-7,10,12-13,19H,3,5,8-9,11,14H2,1H3,(H2,25,27,32). The first-order valence-electron chi connectivity index (χ1n) is 11.3. The molecule has 1 aromatic carbocycles. The van der Waals surface area contributed by atoms with Crippen molar-refractivity contribution in [2.75, 3.05) is 25.5 Å². The maximum absolute atomic E-state index is 13.4. The number of likely N-dealkylation sites (tertiary alicyclic amines) is 1. The Morgan fingerprint density at radius 3 is 2.88 bits per heavy atom. The van der Waals surface area contributed by atoms with Gasteiger partial charge in [0.05, 0.1) is 6.04 Å². The van der Waals surface area contributed by atoms with Crippen LogP contribution in [0.1, 0.15) is 42.0 Å². The van der Waals surface area contributed by atoms with E-state index in [9.17, 15) is 19.2 Å². The number of benzene rings is 1. The van der Waals surface area contributed by atoms with Gasteiger partial charge in [-0.15, -0.1) is 0 Å². The highest BCUT2D eigenvalue weighted by atomic mass is 16.6. The summed E-state index contributed by atoms with van der Waals surface area (Å²) in [5.74, 6) is -0.814. The van der Waals surface area contributed by atoms with Crippen molar-refractivity contribution in [1.29, 1.82) is 0 Å². The van der Waals surface area contributed by atoms with Crippen molar-refractivity contribution in [3.05, 3.63) is 59.4 Å². The molecule has 10 heteroatoms. The van der Waals surface area contributed by atoms with Crippen molar-refractivity contribution in [2.24, 2.45) is 0 Å². The zero-order chi connectivity index (χ0) is 23.9. The molecule has 0 bridgehead atoms. The number of pyridine rings is 1. The summed E-state index contributed by atoms with van der Waals surface area (Å²) in [5.41, 5.74) is 1.50. The number of aryl methyl sites for hydroxylation is 1. The van der Waals surface area contributed by atoms with E-state index in [1.165, 1.54) is 7.05 Å². The molecular formula is C24H25N5O5. The van der Waals surface area contributed by atoms with Gasteiger partial charge in [-0.1, -0.05) is 12.1 Å². The third-order valence-electron chi connectivity index (χ3n) is 6.78. The number of fused-ring (bicyclic) bond motifs is 2. The summed E-state index contributed by atoms with van der Waals surface area (Å²) in [4.78, 5) is 57.7. The molecule has 1 aliphatic carbocycles. The molecular weight excluding hydrogens is 438 g/mol. The highest BCUT2D eigenvalue weighted by Gasteiger charge is 2.58. The second-order valence-corrected chi connectivity index (χ2v) is 8.69. The van der Waals surface area contributed by atoms with E-state index in [-0.39, 0.29) is 24.5 Å². The van der Waals surface area contributed by atoms with Crippen LogP contribution in [0.3, 0.4) is 0 Å². The van der Waals surface area contributed by atoms with Gasteiger partial charge in [-0.2, -0.15) is 0 Å². The van der Waals surface area contributed by atoms with Crippen LogP contribution < -0.4 is 10.6 Å². The third kappa shape index (κ3) is 3.55. The lowest BCUT2D eigenvalue weighted by atomic mass is 9.94. The number of rotatable bonds is 4. The minimum atomic E-state index is -1.42. The number of aromatic nitrogens is 1. The molecule has 34 heavy (non-hydrogen) atoms. The van der Waals surface area contributed by atoms with Crippen LogP contribution in [0.25, 0.3) is 0 Å². The summed E-state index contributed by atoms with van der Waals surface area (Å²) in [6.07, 6.45) is 5.06. The first kappa shape index (κ1) is 21.9. The lowest BCUT2D eigenvalue weighted by molar-refractivity contribution is -0.142. The van der Waals surface area contributed by atoms with Crippen LogP contribution in [0.4, 0.5) is 15.3 Å². The van der Waals surface area contributed by atoms with Crippen molar-refractivity contribution in [2.45, 2.75) is 37.3 Å². The Morgan fingerprint density at radius 1 is 1.26 bits per heavy atom. The average molecular weight is 463 g/mol. The number of imide groups is 1. The Balaban J connectivity index is 1.34. The normalized spacial score (nSPS) is 23.3.